The van der Waals surface area contributed by atoms with Crippen LogP contribution in [0.2, 0.25) is 0 Å². The van der Waals surface area contributed by atoms with E-state index in [0.717, 1.165) is 22.3 Å². The molecule has 6 heteroatoms. The van der Waals surface area contributed by atoms with Crippen LogP contribution in [0.3, 0.4) is 0 Å². The second kappa shape index (κ2) is 13.3. The van der Waals surface area contributed by atoms with E-state index in [1.807, 2.05) is 109 Å². The van der Waals surface area contributed by atoms with E-state index >= 15 is 0 Å². The van der Waals surface area contributed by atoms with Crippen LogP contribution in [-0.2, 0) is 48.2 Å². The first kappa shape index (κ1) is 26.8. The highest BCUT2D eigenvalue weighted by molar-refractivity contribution is 5.18. The van der Waals surface area contributed by atoms with Crippen LogP contribution in [0.15, 0.2) is 121 Å². The predicted molar refractivity (Wildman–Crippen MR) is 150 cm³/mol. The Kier molecular flexibility index (Phi) is 8.95. The van der Waals surface area contributed by atoms with Crippen LogP contribution in [0.4, 0.5) is 0 Å². The van der Waals surface area contributed by atoms with Crippen molar-refractivity contribution in [3.8, 4) is 0 Å². The molecule has 0 radical (unpaired) electrons. The van der Waals surface area contributed by atoms with Gasteiger partial charge in [-0.15, -0.1) is 0 Å². The highest BCUT2D eigenvalue weighted by Crippen LogP contribution is 2.37. The zero-order valence-corrected chi connectivity index (χ0v) is 22.3. The Morgan fingerprint density at radius 3 is 1.55 bits per heavy atom. The van der Waals surface area contributed by atoms with Gasteiger partial charge in [-0.1, -0.05) is 121 Å². The SMILES string of the molecule is c1ccc(CO[C@H]2O[C@@H]3CO[C@@H](c4ccccc4)O[C@@H]3[C@H](OCc3ccccc3)[C@H]2OCc2ccccc2)cc1. The Bertz CT molecular complexity index is 1290. The average molecular weight is 539 g/mol. The molecule has 4 aromatic carbocycles. The van der Waals surface area contributed by atoms with Crippen molar-refractivity contribution in [3.63, 3.8) is 0 Å². The maximum absolute atomic E-state index is 6.64. The van der Waals surface area contributed by atoms with Gasteiger partial charge in [-0.3, -0.25) is 0 Å². The van der Waals surface area contributed by atoms with Crippen LogP contribution in [0.25, 0.3) is 0 Å². The zero-order chi connectivity index (χ0) is 27.0. The third kappa shape index (κ3) is 6.67. The molecule has 0 amide bonds. The summed E-state index contributed by atoms with van der Waals surface area (Å²) in [6, 6.07) is 40.2. The van der Waals surface area contributed by atoms with Crippen molar-refractivity contribution in [2.24, 2.45) is 0 Å². The van der Waals surface area contributed by atoms with Gasteiger partial charge >= 0.3 is 0 Å². The van der Waals surface area contributed by atoms with Gasteiger partial charge in [-0.05, 0) is 16.7 Å². The monoisotopic (exact) mass is 538 g/mol. The van der Waals surface area contributed by atoms with E-state index < -0.39 is 30.9 Å². The van der Waals surface area contributed by atoms with E-state index in [9.17, 15) is 0 Å². The smallest absolute Gasteiger partial charge is 0.187 e. The van der Waals surface area contributed by atoms with Crippen LogP contribution < -0.4 is 0 Å². The van der Waals surface area contributed by atoms with E-state index in [-0.39, 0.29) is 6.10 Å². The van der Waals surface area contributed by atoms with E-state index in [1.54, 1.807) is 0 Å². The van der Waals surface area contributed by atoms with Crippen LogP contribution >= 0.6 is 0 Å². The number of ether oxygens (including phenoxy) is 6. The molecule has 0 N–H and O–H groups in total. The van der Waals surface area contributed by atoms with Gasteiger partial charge in [0.25, 0.3) is 0 Å². The number of hydrogen-bond acceptors (Lipinski definition) is 6. The summed E-state index contributed by atoms with van der Waals surface area (Å²) in [5.41, 5.74) is 4.13. The minimum Gasteiger partial charge on any atom is -0.368 e. The van der Waals surface area contributed by atoms with Crippen LogP contribution in [0, 0.1) is 0 Å². The van der Waals surface area contributed by atoms with Crippen molar-refractivity contribution in [3.05, 3.63) is 144 Å². The Labute approximate surface area is 235 Å². The maximum atomic E-state index is 6.64. The lowest BCUT2D eigenvalue weighted by atomic mass is 9.97. The molecule has 40 heavy (non-hydrogen) atoms. The third-order valence-electron chi connectivity index (χ3n) is 7.18. The Morgan fingerprint density at radius 2 is 1.00 bits per heavy atom. The minimum atomic E-state index is -0.675. The molecule has 6 nitrogen and oxygen atoms in total. The number of benzene rings is 4. The third-order valence-corrected chi connectivity index (χ3v) is 7.18. The summed E-state index contributed by atoms with van der Waals surface area (Å²) in [5.74, 6) is 0. The molecule has 2 aliphatic heterocycles. The average Bonchev–Trinajstić information content (AvgIpc) is 3.03. The minimum absolute atomic E-state index is 0.353. The molecule has 2 fully saturated rings. The van der Waals surface area contributed by atoms with E-state index in [2.05, 4.69) is 12.1 Å². The first-order chi connectivity index (χ1) is 19.8. The molecule has 206 valence electrons. The molecular weight excluding hydrogens is 504 g/mol. The quantitative estimate of drug-likeness (QED) is 0.239. The highest BCUT2D eigenvalue weighted by Gasteiger charge is 2.51. The molecule has 6 rings (SSSR count). The topological polar surface area (TPSA) is 55.4 Å². The summed E-state index contributed by atoms with van der Waals surface area (Å²) in [5, 5.41) is 0. The Hall–Kier alpha value is -3.36. The van der Waals surface area contributed by atoms with Gasteiger partial charge in [-0.2, -0.15) is 0 Å². The Morgan fingerprint density at radius 1 is 0.525 bits per heavy atom. The summed E-state index contributed by atoms with van der Waals surface area (Å²) in [4.78, 5) is 0. The molecule has 0 spiro atoms. The van der Waals surface area contributed by atoms with Crippen molar-refractivity contribution in [1.82, 2.24) is 0 Å². The van der Waals surface area contributed by atoms with Crippen LogP contribution in [-0.4, -0.2) is 37.3 Å². The molecule has 0 unspecified atom stereocenters. The standard InChI is InChI=1S/C34H34O6/c1-5-13-25(14-6-1)21-35-31-30-29(24-38-33(40-30)28-19-11-4-12-20-28)39-34(37-23-27-17-9-3-10-18-27)32(31)36-22-26-15-7-2-8-16-26/h1-20,29-34H,21-24H2/t29-,30+,31+,32-,33-,34+/m1/s1. The lowest BCUT2D eigenvalue weighted by molar-refractivity contribution is -0.374. The largest absolute Gasteiger partial charge is 0.368 e. The molecule has 4 aromatic rings. The number of fused-ring (bicyclic) bond motifs is 1. The lowest BCUT2D eigenvalue weighted by Gasteiger charge is -2.49. The van der Waals surface area contributed by atoms with E-state index in [0.29, 0.717) is 26.4 Å². The molecule has 2 heterocycles. The summed E-state index contributed by atoms with van der Waals surface area (Å²) < 4.78 is 38.8. The van der Waals surface area contributed by atoms with Gasteiger partial charge in [0.2, 0.25) is 0 Å². The van der Waals surface area contributed by atoms with Crippen molar-refractivity contribution >= 4 is 0 Å². The Balaban J connectivity index is 1.27. The maximum Gasteiger partial charge on any atom is 0.187 e. The normalized spacial score (nSPS) is 26.2. The summed E-state index contributed by atoms with van der Waals surface area (Å²) in [7, 11) is 0. The van der Waals surface area contributed by atoms with Gasteiger partial charge in [0.15, 0.2) is 12.6 Å². The van der Waals surface area contributed by atoms with Crippen LogP contribution in [0.1, 0.15) is 28.5 Å². The van der Waals surface area contributed by atoms with Gasteiger partial charge in [0.1, 0.15) is 24.4 Å². The van der Waals surface area contributed by atoms with E-state index in [4.69, 9.17) is 28.4 Å². The van der Waals surface area contributed by atoms with Crippen molar-refractivity contribution in [2.45, 2.75) is 56.8 Å². The number of rotatable bonds is 10. The van der Waals surface area contributed by atoms with Gasteiger partial charge in [0.05, 0.1) is 26.4 Å². The first-order valence-corrected chi connectivity index (χ1v) is 13.8. The molecule has 2 aliphatic rings. The fraction of sp³-hybridized carbons (Fsp3) is 0.294. The molecular formula is C34H34O6. The van der Waals surface area contributed by atoms with Crippen molar-refractivity contribution in [1.29, 1.82) is 0 Å². The number of hydrogen-bond donors (Lipinski definition) is 0. The van der Waals surface area contributed by atoms with Crippen LogP contribution in [0.5, 0.6) is 0 Å². The summed E-state index contributed by atoms with van der Waals surface area (Å²) in [6.07, 6.45) is -2.99. The zero-order valence-electron chi connectivity index (χ0n) is 22.3. The molecule has 0 saturated carbocycles. The fourth-order valence-corrected chi connectivity index (χ4v) is 5.11. The predicted octanol–water partition coefficient (Wildman–Crippen LogP) is 6.21. The van der Waals surface area contributed by atoms with Crippen molar-refractivity contribution < 1.29 is 28.4 Å². The second-order valence-electron chi connectivity index (χ2n) is 10.0. The lowest BCUT2D eigenvalue weighted by Crippen LogP contribution is -2.63. The highest BCUT2D eigenvalue weighted by atomic mass is 16.8. The molecule has 0 aromatic heterocycles. The molecule has 6 atom stereocenters. The van der Waals surface area contributed by atoms with E-state index in [1.165, 1.54) is 0 Å². The molecule has 2 saturated heterocycles. The van der Waals surface area contributed by atoms with Gasteiger partial charge in [0, 0.05) is 5.56 Å². The first-order valence-electron chi connectivity index (χ1n) is 13.8. The van der Waals surface area contributed by atoms with Crippen molar-refractivity contribution in [2.75, 3.05) is 6.61 Å². The summed E-state index contributed by atoms with van der Waals surface area (Å²) in [6.45, 7) is 1.53. The summed E-state index contributed by atoms with van der Waals surface area (Å²) >= 11 is 0. The molecule has 0 bridgehead atoms. The molecule has 0 aliphatic carbocycles. The second-order valence-corrected chi connectivity index (χ2v) is 10.0. The van der Waals surface area contributed by atoms with Gasteiger partial charge < -0.3 is 28.4 Å². The fourth-order valence-electron chi connectivity index (χ4n) is 5.11. The van der Waals surface area contributed by atoms with Gasteiger partial charge in [-0.25, -0.2) is 0 Å².